The molecule has 29 heavy (non-hydrogen) atoms. The smallest absolute Gasteiger partial charge is 0.251 e. The number of aromatic nitrogens is 2. The summed E-state index contributed by atoms with van der Waals surface area (Å²) in [5.41, 5.74) is 3.30. The van der Waals surface area contributed by atoms with Crippen LogP contribution in [0.1, 0.15) is 33.3 Å². The maximum absolute atomic E-state index is 12.4. The minimum Gasteiger partial charge on any atom is -0.497 e. The average Bonchev–Trinajstić information content (AvgIpc) is 2.76. The highest BCUT2D eigenvalue weighted by atomic mass is 16.5. The number of Topliss-reactive ketones (excluding diaryl/α,β-unsaturated/α-hetero) is 1. The van der Waals surface area contributed by atoms with E-state index in [4.69, 9.17) is 4.74 Å². The summed E-state index contributed by atoms with van der Waals surface area (Å²) in [6.45, 7) is 9.26. The van der Waals surface area contributed by atoms with Crippen molar-refractivity contribution in [2.24, 2.45) is 0 Å². The Kier molecular flexibility index (Phi) is 7.95. The summed E-state index contributed by atoms with van der Waals surface area (Å²) in [5, 5.41) is 0. The number of pyridine rings is 2. The monoisotopic (exact) mass is 395 g/mol. The first-order valence-corrected chi connectivity index (χ1v) is 10.0. The summed E-state index contributed by atoms with van der Waals surface area (Å²) in [5.74, 6) is 0.990. The molecule has 6 nitrogen and oxygen atoms in total. The summed E-state index contributed by atoms with van der Waals surface area (Å²) >= 11 is 0. The molecule has 0 spiro atoms. The number of benzene rings is 1. The lowest BCUT2D eigenvalue weighted by molar-refractivity contribution is -0.119. The van der Waals surface area contributed by atoms with Gasteiger partial charge in [0.2, 0.25) is 0 Å². The van der Waals surface area contributed by atoms with E-state index >= 15 is 0 Å². The molecule has 0 amide bonds. The van der Waals surface area contributed by atoms with Gasteiger partial charge in [-0.15, -0.1) is 0 Å². The topological polar surface area (TPSA) is 64.4 Å². The van der Waals surface area contributed by atoms with Crippen LogP contribution in [0.3, 0.4) is 0 Å². The van der Waals surface area contributed by atoms with Gasteiger partial charge in [-0.25, -0.2) is 0 Å². The van der Waals surface area contributed by atoms with Crippen LogP contribution in [-0.4, -0.2) is 35.5 Å². The predicted octanol–water partition coefficient (Wildman–Crippen LogP) is 3.89. The van der Waals surface area contributed by atoms with E-state index in [1.165, 1.54) is 6.07 Å². The van der Waals surface area contributed by atoms with E-state index < -0.39 is 0 Å². The van der Waals surface area contributed by atoms with Crippen molar-refractivity contribution in [3.8, 4) is 5.75 Å². The van der Waals surface area contributed by atoms with E-state index in [0.29, 0.717) is 19.6 Å². The number of nitrogens with zero attached hydrogens (tertiary/aromatic N) is 3. The Labute approximate surface area is 171 Å². The van der Waals surface area contributed by atoms with E-state index in [-0.39, 0.29) is 11.3 Å². The molecule has 0 saturated carbocycles. The van der Waals surface area contributed by atoms with Crippen molar-refractivity contribution in [3.05, 3.63) is 64.6 Å². The molecule has 0 N–H and O–H groups in total. The van der Waals surface area contributed by atoms with Gasteiger partial charge >= 0.3 is 0 Å². The van der Waals surface area contributed by atoms with Gasteiger partial charge in [0, 0.05) is 6.07 Å². The van der Waals surface area contributed by atoms with Crippen LogP contribution in [0.25, 0.3) is 11.0 Å². The Morgan fingerprint density at radius 1 is 0.966 bits per heavy atom. The van der Waals surface area contributed by atoms with Crippen molar-refractivity contribution in [2.45, 2.75) is 34.2 Å². The summed E-state index contributed by atoms with van der Waals surface area (Å²) in [4.78, 5) is 30.0. The Balaban J connectivity index is 0.000000707. The van der Waals surface area contributed by atoms with Crippen molar-refractivity contribution >= 4 is 22.5 Å². The molecule has 154 valence electrons. The van der Waals surface area contributed by atoms with Crippen molar-refractivity contribution in [2.75, 3.05) is 25.1 Å². The number of ketones is 1. The second-order valence-corrected chi connectivity index (χ2v) is 6.10. The predicted molar refractivity (Wildman–Crippen MR) is 118 cm³/mol. The van der Waals surface area contributed by atoms with E-state index in [0.717, 1.165) is 28.0 Å². The Bertz CT molecular complexity index is 1000. The van der Waals surface area contributed by atoms with Crippen LogP contribution in [0.5, 0.6) is 5.75 Å². The normalized spacial score (nSPS) is 12.3. The van der Waals surface area contributed by atoms with E-state index in [1.807, 2.05) is 62.9 Å². The molecule has 6 heteroatoms. The van der Waals surface area contributed by atoms with Gasteiger partial charge < -0.3 is 14.2 Å². The Morgan fingerprint density at radius 2 is 1.62 bits per heavy atom. The van der Waals surface area contributed by atoms with Crippen molar-refractivity contribution < 1.29 is 9.53 Å². The number of fused-ring (bicyclic) bond motifs is 1. The second-order valence-electron chi connectivity index (χ2n) is 6.10. The lowest BCUT2D eigenvalue weighted by Gasteiger charge is -2.31. The van der Waals surface area contributed by atoms with Crippen LogP contribution in [0.15, 0.2) is 53.5 Å². The van der Waals surface area contributed by atoms with Crippen molar-refractivity contribution in [1.82, 2.24) is 9.55 Å². The van der Waals surface area contributed by atoms with Crippen LogP contribution < -0.4 is 15.2 Å². The number of hydrogen-bond donors (Lipinski definition) is 0. The third-order valence-electron chi connectivity index (χ3n) is 4.42. The average molecular weight is 396 g/mol. The number of carbonyl (C=O) groups is 1. The first-order valence-electron chi connectivity index (χ1n) is 10.0. The molecule has 0 atom stereocenters. The molecule has 1 aliphatic heterocycles. The number of ether oxygens (including phenoxy) is 1. The molecule has 4 rings (SSSR count). The van der Waals surface area contributed by atoms with Crippen molar-refractivity contribution in [1.29, 1.82) is 0 Å². The van der Waals surface area contributed by atoms with Crippen LogP contribution in [-0.2, 0) is 11.3 Å². The van der Waals surface area contributed by atoms with Gasteiger partial charge in [-0.05, 0) is 29.8 Å². The molecular weight excluding hydrogens is 366 g/mol. The highest BCUT2D eigenvalue weighted by Gasteiger charge is 2.24. The first-order chi connectivity index (χ1) is 14.1. The van der Waals surface area contributed by atoms with Crippen LogP contribution in [0, 0.1) is 0 Å². The Morgan fingerprint density at radius 3 is 2.21 bits per heavy atom. The number of hydrogen-bond acceptors (Lipinski definition) is 5. The molecule has 0 bridgehead atoms. The van der Waals surface area contributed by atoms with Crippen molar-refractivity contribution in [3.63, 3.8) is 0 Å². The molecule has 3 aromatic rings. The number of methoxy groups -OCH3 is 1. The quantitative estimate of drug-likeness (QED) is 0.670. The third-order valence-corrected chi connectivity index (χ3v) is 4.42. The highest BCUT2D eigenvalue weighted by Crippen LogP contribution is 2.22. The molecule has 1 aliphatic rings. The fourth-order valence-electron chi connectivity index (χ4n) is 2.97. The molecule has 0 unspecified atom stereocenters. The molecule has 1 aromatic carbocycles. The zero-order chi connectivity index (χ0) is 21.4. The fraction of sp³-hybridized carbons (Fsp3) is 0.348. The zero-order valence-electron chi connectivity index (χ0n) is 17.8. The molecule has 0 radical (unpaired) electrons. The minimum atomic E-state index is -0.0815. The molecule has 3 heterocycles. The third kappa shape index (κ3) is 5.02. The standard InChI is InChI=1S/C19H17N3O3.2C2H6/c1-25-16-4-2-13(3-5-16)10-22-18-8-14(21-11-15(23)12-21)9-20-17(18)6-7-19(22)24;2*1-2/h2-9H,10-12H2,1H3;2*1-2H3. The first kappa shape index (κ1) is 22.1. The molecule has 1 saturated heterocycles. The van der Waals surface area contributed by atoms with E-state index in [9.17, 15) is 9.59 Å². The van der Waals surface area contributed by atoms with Crippen LogP contribution in [0.4, 0.5) is 5.69 Å². The van der Waals surface area contributed by atoms with E-state index in [1.54, 1.807) is 23.9 Å². The minimum absolute atomic E-state index is 0.0815. The molecular formula is C23H29N3O3. The van der Waals surface area contributed by atoms with Gasteiger partial charge in [-0.1, -0.05) is 39.8 Å². The highest BCUT2D eigenvalue weighted by molar-refractivity contribution is 5.96. The zero-order valence-corrected chi connectivity index (χ0v) is 17.8. The summed E-state index contributed by atoms with van der Waals surface area (Å²) < 4.78 is 6.87. The van der Waals surface area contributed by atoms with Gasteiger partial charge in [0.25, 0.3) is 5.56 Å². The molecule has 1 fully saturated rings. The van der Waals surface area contributed by atoms with Gasteiger partial charge in [0.1, 0.15) is 5.75 Å². The Hall–Kier alpha value is -3.15. The lowest BCUT2D eigenvalue weighted by Crippen LogP contribution is -2.47. The number of rotatable bonds is 4. The maximum Gasteiger partial charge on any atom is 0.251 e. The lowest BCUT2D eigenvalue weighted by atomic mass is 10.1. The van der Waals surface area contributed by atoms with Gasteiger partial charge in [-0.2, -0.15) is 0 Å². The number of anilines is 1. The van der Waals surface area contributed by atoms with Gasteiger partial charge in [-0.3, -0.25) is 14.6 Å². The van der Waals surface area contributed by atoms with Gasteiger partial charge in [0.05, 0.1) is 49.7 Å². The summed E-state index contributed by atoms with van der Waals surface area (Å²) in [6.07, 6.45) is 1.75. The summed E-state index contributed by atoms with van der Waals surface area (Å²) in [7, 11) is 1.62. The van der Waals surface area contributed by atoms with Crippen LogP contribution in [0.2, 0.25) is 0 Å². The fourth-order valence-corrected chi connectivity index (χ4v) is 2.97. The SMILES string of the molecule is CC.CC.COc1ccc(Cn2c(=O)ccc3ncc(N4CC(=O)C4)cc32)cc1. The molecule has 0 aliphatic carbocycles. The second kappa shape index (κ2) is 10.4. The largest absolute Gasteiger partial charge is 0.497 e. The summed E-state index contributed by atoms with van der Waals surface area (Å²) in [6, 6.07) is 12.8. The number of carbonyl (C=O) groups excluding carboxylic acids is 1. The maximum atomic E-state index is 12.4. The molecule has 2 aromatic heterocycles. The van der Waals surface area contributed by atoms with E-state index in [2.05, 4.69) is 4.98 Å². The van der Waals surface area contributed by atoms with Crippen LogP contribution >= 0.6 is 0 Å². The van der Waals surface area contributed by atoms with Gasteiger partial charge in [0.15, 0.2) is 5.78 Å².